The highest BCUT2D eigenvalue weighted by Crippen LogP contribution is 2.50. The van der Waals surface area contributed by atoms with Crippen molar-refractivity contribution in [2.75, 3.05) is 23.7 Å². The number of aromatic nitrogens is 5. The predicted octanol–water partition coefficient (Wildman–Crippen LogP) is 2.57. The van der Waals surface area contributed by atoms with Gasteiger partial charge in [-0.1, -0.05) is 11.2 Å². The molecule has 3 aromatic rings. The fourth-order valence-corrected chi connectivity index (χ4v) is 4.28. The summed E-state index contributed by atoms with van der Waals surface area (Å²) in [5.74, 6) is 1.38. The average molecular weight is 422 g/mol. The van der Waals surface area contributed by atoms with Gasteiger partial charge >= 0.3 is 6.01 Å². The van der Waals surface area contributed by atoms with Crippen LogP contribution in [-0.4, -0.2) is 48.9 Å². The van der Waals surface area contributed by atoms with E-state index in [1.807, 2.05) is 19.2 Å². The van der Waals surface area contributed by atoms with Gasteiger partial charge in [0, 0.05) is 37.2 Å². The normalized spacial score (nSPS) is 20.4. The Hall–Kier alpha value is -3.07. The first-order valence-electron chi connectivity index (χ1n) is 10.7. The summed E-state index contributed by atoms with van der Waals surface area (Å²) in [5.41, 5.74) is 7.25. The molecule has 0 radical (unpaired) electrons. The lowest BCUT2D eigenvalue weighted by molar-refractivity contribution is 0.0341. The van der Waals surface area contributed by atoms with Gasteiger partial charge in [-0.3, -0.25) is 4.98 Å². The summed E-state index contributed by atoms with van der Waals surface area (Å²) in [7, 11) is 0. The number of hydrogen-bond acceptors (Lipinski definition) is 9. The van der Waals surface area contributed by atoms with Crippen LogP contribution in [0.3, 0.4) is 0 Å². The number of nitrogens with two attached hydrogens (primary N) is 1. The van der Waals surface area contributed by atoms with Crippen LogP contribution in [0.25, 0.3) is 11.3 Å². The Kier molecular flexibility index (Phi) is 4.65. The molecule has 4 heterocycles. The third-order valence-corrected chi connectivity index (χ3v) is 6.72. The number of anilines is 2. The Bertz CT molecular complexity index is 1050. The topological polar surface area (TPSA) is 127 Å². The molecule has 0 unspecified atom stereocenters. The van der Waals surface area contributed by atoms with Crippen molar-refractivity contribution >= 4 is 12.0 Å². The summed E-state index contributed by atoms with van der Waals surface area (Å²) in [6.45, 7) is 5.45. The quantitative estimate of drug-likeness (QED) is 0.639. The van der Waals surface area contributed by atoms with Crippen molar-refractivity contribution in [2.45, 2.75) is 50.5 Å². The van der Waals surface area contributed by atoms with E-state index in [4.69, 9.17) is 15.2 Å². The van der Waals surface area contributed by atoms with Crippen LogP contribution in [0.5, 0.6) is 0 Å². The first kappa shape index (κ1) is 19.9. The lowest BCUT2D eigenvalue weighted by Crippen LogP contribution is -2.42. The van der Waals surface area contributed by atoms with Crippen LogP contribution in [0.1, 0.15) is 50.9 Å². The van der Waals surface area contributed by atoms with Gasteiger partial charge in [-0.15, -0.1) is 0 Å². The molecule has 1 atom stereocenters. The van der Waals surface area contributed by atoms with Gasteiger partial charge < -0.3 is 20.3 Å². The van der Waals surface area contributed by atoms with E-state index in [-0.39, 0.29) is 11.4 Å². The molecular weight excluding hydrogens is 394 g/mol. The number of nitrogen functional groups attached to an aromatic ring is 1. The molecule has 0 spiro atoms. The minimum atomic E-state index is -0.620. The Morgan fingerprint density at radius 3 is 2.45 bits per heavy atom. The maximum absolute atomic E-state index is 10.2. The zero-order valence-corrected chi connectivity index (χ0v) is 17.8. The SMILES string of the molecule is CC1(O)CCN(c2nc([C@@](C)(c3ccc(-c4cnc(N)nc4)nc3)C3CC3)no2)CC1. The van der Waals surface area contributed by atoms with E-state index in [1.54, 1.807) is 12.4 Å². The summed E-state index contributed by atoms with van der Waals surface area (Å²) in [6, 6.07) is 4.57. The minimum absolute atomic E-state index is 0.243. The van der Waals surface area contributed by atoms with E-state index in [0.717, 1.165) is 29.7 Å². The second-order valence-corrected chi connectivity index (χ2v) is 9.12. The van der Waals surface area contributed by atoms with Crippen molar-refractivity contribution in [1.29, 1.82) is 0 Å². The average Bonchev–Trinajstić information content (AvgIpc) is 3.51. The summed E-state index contributed by atoms with van der Waals surface area (Å²) < 4.78 is 5.66. The maximum atomic E-state index is 10.2. The third kappa shape index (κ3) is 3.74. The van der Waals surface area contributed by atoms with E-state index in [1.165, 1.54) is 0 Å². The molecule has 9 heteroatoms. The Labute approximate surface area is 180 Å². The zero-order valence-electron chi connectivity index (χ0n) is 17.8. The van der Waals surface area contributed by atoms with Gasteiger partial charge in [0.1, 0.15) is 0 Å². The molecule has 162 valence electrons. The van der Waals surface area contributed by atoms with Gasteiger partial charge in [0.2, 0.25) is 5.95 Å². The summed E-state index contributed by atoms with van der Waals surface area (Å²) >= 11 is 0. The molecule has 5 rings (SSSR count). The summed E-state index contributed by atoms with van der Waals surface area (Å²) in [4.78, 5) is 19.6. The largest absolute Gasteiger partial charge is 0.390 e. The molecule has 31 heavy (non-hydrogen) atoms. The number of nitrogens with zero attached hydrogens (tertiary/aromatic N) is 6. The number of hydrogen-bond donors (Lipinski definition) is 2. The highest BCUT2D eigenvalue weighted by atomic mass is 16.5. The van der Waals surface area contributed by atoms with Crippen molar-refractivity contribution in [3.05, 3.63) is 42.1 Å². The first-order valence-corrected chi connectivity index (χ1v) is 10.7. The molecule has 0 bridgehead atoms. The van der Waals surface area contributed by atoms with E-state index in [2.05, 4.69) is 38.0 Å². The van der Waals surface area contributed by atoms with Gasteiger partial charge in [0.05, 0.1) is 16.7 Å². The van der Waals surface area contributed by atoms with Crippen LogP contribution in [0.2, 0.25) is 0 Å². The Morgan fingerprint density at radius 2 is 1.84 bits per heavy atom. The molecule has 1 aliphatic carbocycles. The van der Waals surface area contributed by atoms with Crippen molar-refractivity contribution < 1.29 is 9.63 Å². The molecule has 3 N–H and O–H groups in total. The Morgan fingerprint density at radius 1 is 1.13 bits per heavy atom. The third-order valence-electron chi connectivity index (χ3n) is 6.72. The van der Waals surface area contributed by atoms with Gasteiger partial charge in [-0.25, -0.2) is 9.97 Å². The molecule has 2 fully saturated rings. The fraction of sp³-hybridized carbons (Fsp3) is 0.500. The van der Waals surface area contributed by atoms with E-state index in [0.29, 0.717) is 43.7 Å². The fourth-order valence-electron chi connectivity index (χ4n) is 4.28. The molecular formula is C22H27N7O2. The maximum Gasteiger partial charge on any atom is 0.324 e. The van der Waals surface area contributed by atoms with Crippen LogP contribution in [-0.2, 0) is 5.41 Å². The van der Waals surface area contributed by atoms with Crippen LogP contribution >= 0.6 is 0 Å². The molecule has 1 aliphatic heterocycles. The standard InChI is InChI=1S/C22H27N7O2/c1-21(30)7-9-29(10-8-21)20-27-18(28-31-20)22(2,15-3-4-15)16-5-6-17(24-13-16)14-11-25-19(23)26-12-14/h5-6,11-13,15,30H,3-4,7-10H2,1-2H3,(H2,23,25,26)/t22-/m1/s1. The van der Waals surface area contributed by atoms with Gasteiger partial charge in [0.15, 0.2) is 5.82 Å². The molecule has 9 nitrogen and oxygen atoms in total. The van der Waals surface area contributed by atoms with Crippen molar-refractivity contribution in [3.63, 3.8) is 0 Å². The molecule has 0 aromatic carbocycles. The number of piperidine rings is 1. The molecule has 1 saturated heterocycles. The minimum Gasteiger partial charge on any atom is -0.390 e. The zero-order chi connectivity index (χ0) is 21.6. The molecule has 2 aliphatic rings. The summed E-state index contributed by atoms with van der Waals surface area (Å²) in [6.07, 6.45) is 8.85. The monoisotopic (exact) mass is 421 g/mol. The lowest BCUT2D eigenvalue weighted by Gasteiger charge is -2.34. The van der Waals surface area contributed by atoms with Crippen LogP contribution in [0.15, 0.2) is 35.2 Å². The van der Waals surface area contributed by atoms with Gasteiger partial charge in [-0.05, 0) is 57.1 Å². The number of rotatable bonds is 5. The van der Waals surface area contributed by atoms with Gasteiger partial charge in [-0.2, -0.15) is 4.98 Å². The number of aliphatic hydroxyl groups is 1. The number of pyridine rings is 1. The van der Waals surface area contributed by atoms with Crippen molar-refractivity contribution in [1.82, 2.24) is 25.1 Å². The van der Waals surface area contributed by atoms with Gasteiger partial charge in [0.25, 0.3) is 0 Å². The molecule has 1 saturated carbocycles. The first-order chi connectivity index (χ1) is 14.8. The van der Waals surface area contributed by atoms with Crippen LogP contribution < -0.4 is 10.6 Å². The second-order valence-electron chi connectivity index (χ2n) is 9.12. The Balaban J connectivity index is 1.41. The van der Waals surface area contributed by atoms with Crippen molar-refractivity contribution in [3.8, 4) is 11.3 Å². The summed E-state index contributed by atoms with van der Waals surface area (Å²) in [5, 5.41) is 14.6. The smallest absolute Gasteiger partial charge is 0.324 e. The molecule has 3 aromatic heterocycles. The highest BCUT2D eigenvalue weighted by Gasteiger charge is 2.48. The van der Waals surface area contributed by atoms with Crippen LogP contribution in [0, 0.1) is 5.92 Å². The second kappa shape index (κ2) is 7.26. The highest BCUT2D eigenvalue weighted by molar-refractivity contribution is 5.57. The van der Waals surface area contributed by atoms with E-state index in [9.17, 15) is 5.11 Å². The molecule has 0 amide bonds. The van der Waals surface area contributed by atoms with Crippen molar-refractivity contribution in [2.24, 2.45) is 5.92 Å². The lowest BCUT2D eigenvalue weighted by atomic mass is 9.77. The van der Waals surface area contributed by atoms with E-state index < -0.39 is 5.60 Å². The van der Waals surface area contributed by atoms with E-state index >= 15 is 0 Å². The van der Waals surface area contributed by atoms with Crippen LogP contribution in [0.4, 0.5) is 12.0 Å². The predicted molar refractivity (Wildman–Crippen MR) is 115 cm³/mol.